The smallest absolute Gasteiger partial charge is 0.289 e. The zero-order valence-electron chi connectivity index (χ0n) is 40.7. The van der Waals surface area contributed by atoms with Crippen LogP contribution in [0.5, 0.6) is 0 Å². The molecule has 0 spiro atoms. The van der Waals surface area contributed by atoms with E-state index in [-0.39, 0.29) is 42.2 Å². The van der Waals surface area contributed by atoms with Crippen molar-refractivity contribution in [3.05, 3.63) is 76.1 Å². The number of hydrogen-bond acceptors (Lipinski definition) is 16. The molecule has 72 heavy (non-hydrogen) atoms. The number of carbonyl (C=O) groups excluding carboxylic acids is 6. The lowest BCUT2D eigenvalue weighted by Crippen LogP contribution is -2.54. The minimum absolute atomic E-state index is 0.0198. The molecule has 0 radical (unpaired) electrons. The van der Waals surface area contributed by atoms with E-state index < -0.39 is 35.6 Å². The van der Waals surface area contributed by atoms with Gasteiger partial charge in [-0.15, -0.1) is 0 Å². The molecular weight excluding hydrogens is 929 g/mol. The van der Waals surface area contributed by atoms with Crippen molar-refractivity contribution in [2.24, 2.45) is 0 Å². The van der Waals surface area contributed by atoms with Gasteiger partial charge in [0, 0.05) is 73.4 Å². The first-order valence-electron chi connectivity index (χ1n) is 24.4. The van der Waals surface area contributed by atoms with E-state index in [1.807, 2.05) is 25.5 Å². The zero-order valence-corrected chi connectivity index (χ0v) is 40.7. The molecule has 22 heteroatoms. The molecule has 22 nitrogen and oxygen atoms in total. The van der Waals surface area contributed by atoms with Gasteiger partial charge in [-0.2, -0.15) is 5.10 Å². The summed E-state index contributed by atoms with van der Waals surface area (Å²) in [7, 11) is 0. The number of imide groups is 2. The summed E-state index contributed by atoms with van der Waals surface area (Å²) in [5.41, 5.74) is 6.68. The summed E-state index contributed by atoms with van der Waals surface area (Å²) in [5.74, 6) is -0.645. The van der Waals surface area contributed by atoms with Crippen LogP contribution in [0.25, 0.3) is 33.1 Å². The van der Waals surface area contributed by atoms with Crippen molar-refractivity contribution in [2.45, 2.75) is 84.7 Å². The number of hydrogen-bond donors (Lipinski definition) is 6. The van der Waals surface area contributed by atoms with Crippen molar-refractivity contribution in [2.75, 3.05) is 69.9 Å². The van der Waals surface area contributed by atoms with Gasteiger partial charge in [0.1, 0.15) is 29.1 Å². The molecule has 6 heterocycles. The number of H-pyrrole nitrogens is 1. The predicted molar refractivity (Wildman–Crippen MR) is 263 cm³/mol. The monoisotopic (exact) mass is 986 g/mol. The van der Waals surface area contributed by atoms with E-state index in [0.717, 1.165) is 73.7 Å². The number of nitrogens with zero attached hydrogens (tertiary/aromatic N) is 6. The number of carbonyl (C=O) groups is 6. The van der Waals surface area contributed by atoms with E-state index in [2.05, 4.69) is 61.8 Å². The first-order valence-corrected chi connectivity index (χ1v) is 24.4. The molecule has 1 aliphatic carbocycles. The van der Waals surface area contributed by atoms with Crippen LogP contribution in [0.4, 0.5) is 17.3 Å². The molecule has 1 saturated carbocycles. The highest BCUT2D eigenvalue weighted by Crippen LogP contribution is 2.42. The number of aryl methyl sites for hydroxylation is 4. The maximum absolute atomic E-state index is 13.6. The Morgan fingerprint density at radius 3 is 2.28 bits per heavy atom. The van der Waals surface area contributed by atoms with Gasteiger partial charge >= 0.3 is 0 Å². The fourth-order valence-corrected chi connectivity index (χ4v) is 9.06. The van der Waals surface area contributed by atoms with Crippen LogP contribution >= 0.6 is 0 Å². The summed E-state index contributed by atoms with van der Waals surface area (Å²) in [6.07, 6.45) is 3.43. The molecule has 6 N–H and O–H groups in total. The Labute approximate surface area is 413 Å². The molecule has 9 rings (SSSR count). The molecule has 0 bridgehead atoms. The molecular formula is C50H58N12O10. The number of aromatic amines is 1. The van der Waals surface area contributed by atoms with Crippen LogP contribution in [0.2, 0.25) is 0 Å². The second kappa shape index (κ2) is 21.8. The quantitative estimate of drug-likeness (QED) is 0.0354. The zero-order chi connectivity index (χ0) is 50.5. The van der Waals surface area contributed by atoms with Crippen LogP contribution in [-0.2, 0) is 35.1 Å². The maximum Gasteiger partial charge on any atom is 0.289 e. The Morgan fingerprint density at radius 1 is 0.847 bits per heavy atom. The second-order valence-corrected chi connectivity index (χ2v) is 18.0. The fourth-order valence-electron chi connectivity index (χ4n) is 9.06. The number of amides is 6. The van der Waals surface area contributed by atoms with Crippen molar-refractivity contribution >= 4 is 74.7 Å². The highest BCUT2D eigenvalue weighted by molar-refractivity contribution is 6.25. The third-order valence-electron chi connectivity index (χ3n) is 12.8. The molecule has 3 aliphatic rings. The highest BCUT2D eigenvalue weighted by atomic mass is 16.5. The van der Waals surface area contributed by atoms with Crippen LogP contribution in [0.3, 0.4) is 0 Å². The second-order valence-electron chi connectivity index (χ2n) is 18.0. The molecule has 1 atom stereocenters. The van der Waals surface area contributed by atoms with Gasteiger partial charge in [-0.3, -0.25) is 39.0 Å². The summed E-state index contributed by atoms with van der Waals surface area (Å²) in [4.78, 5) is 90.3. The summed E-state index contributed by atoms with van der Waals surface area (Å²) < 4.78 is 24.4. The topological polar surface area (TPSA) is 279 Å². The Bertz CT molecular complexity index is 3040. The summed E-state index contributed by atoms with van der Waals surface area (Å²) >= 11 is 0. The fraction of sp³-hybridized carbons (Fsp3) is 0.440. The van der Waals surface area contributed by atoms with Crippen LogP contribution in [0, 0.1) is 20.8 Å². The Morgan fingerprint density at radius 2 is 1.58 bits per heavy atom. The number of aromatic nitrogens is 6. The number of rotatable bonds is 24. The highest BCUT2D eigenvalue weighted by Gasteiger charge is 2.45. The summed E-state index contributed by atoms with van der Waals surface area (Å²) in [5, 5.41) is 25.0. The molecule has 2 aliphatic heterocycles. The average Bonchev–Trinajstić information content (AvgIpc) is 3.82. The lowest BCUT2D eigenvalue weighted by Gasteiger charge is -2.27. The van der Waals surface area contributed by atoms with Crippen molar-refractivity contribution in [1.29, 1.82) is 0 Å². The van der Waals surface area contributed by atoms with Gasteiger partial charge in [0.15, 0.2) is 0 Å². The van der Waals surface area contributed by atoms with E-state index in [1.54, 1.807) is 12.1 Å². The third kappa shape index (κ3) is 10.7. The van der Waals surface area contributed by atoms with Gasteiger partial charge in [-0.25, -0.2) is 14.6 Å². The first kappa shape index (κ1) is 49.4. The van der Waals surface area contributed by atoms with Crippen LogP contribution in [-0.4, -0.2) is 136 Å². The molecule has 4 aromatic heterocycles. The van der Waals surface area contributed by atoms with E-state index in [9.17, 15) is 28.8 Å². The number of ether oxygens (including phenoxy) is 3. The lowest BCUT2D eigenvalue weighted by molar-refractivity contribution is -0.136. The van der Waals surface area contributed by atoms with Crippen LogP contribution in [0.15, 0.2) is 40.9 Å². The standard InChI is InChI=1S/C50H58N12O10/c1-5-61-38(25-35(59-61)30-11-12-30)55-45-43-33-23-27(2)32(41-28(3)60-72-29(41)4)24-36(33)54-44(43)57-46(58-45)48(66)52-16-8-18-70-20-22-71-21-19-69-17-7-15-51-40(64)26-53-34-10-6-9-31-42(34)50(68)62(49(31)67)37-13-14-39(63)56-47(37)65/h6,9-10,23-25,30,37,53H,5,7-8,11-22,26H2,1-4H3,(H,51,64)(H,52,66)(H,56,63,65)(H2,54,55,57,58). The van der Waals surface area contributed by atoms with Crippen molar-refractivity contribution in [3.8, 4) is 11.1 Å². The Hall–Kier alpha value is -7.56. The Balaban J connectivity index is 0.670. The predicted octanol–water partition coefficient (Wildman–Crippen LogP) is 4.72. The molecule has 2 fully saturated rings. The van der Waals surface area contributed by atoms with Crippen LogP contribution < -0.4 is 26.6 Å². The van der Waals surface area contributed by atoms with Gasteiger partial charge in [-0.05, 0) is 95.2 Å². The summed E-state index contributed by atoms with van der Waals surface area (Å²) in [6, 6.07) is 9.82. The van der Waals surface area contributed by atoms with Gasteiger partial charge < -0.3 is 45.0 Å². The van der Waals surface area contributed by atoms with E-state index >= 15 is 0 Å². The molecule has 1 saturated heterocycles. The van der Waals surface area contributed by atoms with Gasteiger partial charge in [0.2, 0.25) is 23.5 Å². The third-order valence-corrected chi connectivity index (χ3v) is 12.8. The van der Waals surface area contributed by atoms with Gasteiger partial charge in [0.05, 0.1) is 60.9 Å². The van der Waals surface area contributed by atoms with Gasteiger partial charge in [0.25, 0.3) is 17.7 Å². The lowest BCUT2D eigenvalue weighted by atomic mass is 9.97. The minimum atomic E-state index is -1.08. The van der Waals surface area contributed by atoms with Gasteiger partial charge in [-0.1, -0.05) is 11.2 Å². The van der Waals surface area contributed by atoms with Crippen LogP contribution in [0.1, 0.15) is 105 Å². The first-order chi connectivity index (χ1) is 34.9. The van der Waals surface area contributed by atoms with Crippen molar-refractivity contribution < 1.29 is 47.5 Å². The van der Waals surface area contributed by atoms with E-state index in [0.29, 0.717) is 95.2 Å². The average molecular weight is 987 g/mol. The van der Waals surface area contributed by atoms with E-state index in [1.165, 1.54) is 6.07 Å². The van der Waals surface area contributed by atoms with Crippen molar-refractivity contribution in [1.82, 2.24) is 50.7 Å². The minimum Gasteiger partial charge on any atom is -0.379 e. The number of fused-ring (bicyclic) bond motifs is 4. The number of anilines is 3. The molecule has 6 aromatic rings. The number of benzene rings is 2. The maximum atomic E-state index is 13.6. The molecule has 378 valence electrons. The molecule has 2 aromatic carbocycles. The molecule has 1 unspecified atom stereocenters. The largest absolute Gasteiger partial charge is 0.379 e. The Kier molecular flexibility index (Phi) is 15.0. The summed E-state index contributed by atoms with van der Waals surface area (Å²) in [6.45, 7) is 11.4. The normalized spacial score (nSPS) is 15.7. The number of piperidine rings is 1. The number of nitrogens with one attached hydrogen (secondary N) is 6. The van der Waals surface area contributed by atoms with Crippen molar-refractivity contribution in [3.63, 3.8) is 0 Å². The molecule has 6 amide bonds. The van der Waals surface area contributed by atoms with E-state index in [4.69, 9.17) is 33.8 Å². The SMILES string of the molecule is CCn1nc(C2CC2)cc1Nc1nc(C(=O)NCCCOCCOCCOCCCNC(=O)CNc2cccc3c2C(=O)N(C2CCC(=O)NC2=O)C3=O)nc2[nH]c3cc(-c4c(C)noc4C)c(C)cc3c12.